The summed E-state index contributed by atoms with van der Waals surface area (Å²) in [4.78, 5) is 20.6. The zero-order valence-electron chi connectivity index (χ0n) is 14.8. The number of rotatable bonds is 3. The Morgan fingerprint density at radius 2 is 1.71 bits per heavy atom. The van der Waals surface area contributed by atoms with Crippen LogP contribution < -0.4 is 0 Å². The number of ketones is 1. The molecule has 1 fully saturated rings. The van der Waals surface area contributed by atoms with E-state index in [1.165, 1.54) is 54.3 Å². The van der Waals surface area contributed by atoms with Gasteiger partial charge in [-0.2, -0.15) is 0 Å². The van der Waals surface area contributed by atoms with Crippen molar-refractivity contribution in [1.82, 2.24) is 4.57 Å². The van der Waals surface area contributed by atoms with Gasteiger partial charge in [-0.1, -0.05) is 37.5 Å². The summed E-state index contributed by atoms with van der Waals surface area (Å²) in [5, 5.41) is 8.78. The molecule has 0 unspecified atom stereocenters. The third-order valence-electron chi connectivity index (χ3n) is 4.67. The van der Waals surface area contributed by atoms with Crippen molar-refractivity contribution < 1.29 is 14.7 Å². The first-order valence-electron chi connectivity index (χ1n) is 8.68. The monoisotopic (exact) mass is 329 g/mol. The Morgan fingerprint density at radius 3 is 2.29 bits per heavy atom. The first-order valence-corrected chi connectivity index (χ1v) is 8.68. The molecule has 130 valence electrons. The van der Waals surface area contributed by atoms with E-state index in [2.05, 4.69) is 35.8 Å². The summed E-state index contributed by atoms with van der Waals surface area (Å²) in [5.41, 5.74) is 4.02. The number of carboxylic acids is 1. The second-order valence-corrected chi connectivity index (χ2v) is 6.66. The van der Waals surface area contributed by atoms with Gasteiger partial charge >= 0.3 is 0 Å². The molecule has 1 aromatic heterocycles. The molecule has 0 amide bonds. The van der Waals surface area contributed by atoms with Gasteiger partial charge in [-0.15, -0.1) is 0 Å². The van der Waals surface area contributed by atoms with Crippen LogP contribution in [0.5, 0.6) is 0 Å². The van der Waals surface area contributed by atoms with Gasteiger partial charge in [0.25, 0.3) is 5.97 Å². The minimum absolute atomic E-state index is 0.226. The maximum atomic E-state index is 11.6. The van der Waals surface area contributed by atoms with E-state index in [1.54, 1.807) is 6.92 Å². The van der Waals surface area contributed by atoms with Crippen LogP contribution in [0.1, 0.15) is 63.1 Å². The Kier molecular flexibility index (Phi) is 6.18. The van der Waals surface area contributed by atoms with Gasteiger partial charge < -0.3 is 9.67 Å². The molecule has 4 nitrogen and oxygen atoms in total. The van der Waals surface area contributed by atoms with Crippen LogP contribution in [-0.2, 0) is 16.1 Å². The van der Waals surface area contributed by atoms with Crippen molar-refractivity contribution in [2.75, 3.05) is 0 Å². The molecule has 24 heavy (non-hydrogen) atoms. The molecule has 0 radical (unpaired) electrons. The Morgan fingerprint density at radius 1 is 1.12 bits per heavy atom. The van der Waals surface area contributed by atoms with E-state index >= 15 is 0 Å². The number of Topliss-reactive ketones (excluding diaryl/α,β-unsaturated/α-hetero) is 1. The molecule has 0 atom stereocenters. The summed E-state index contributed by atoms with van der Waals surface area (Å²) in [5.74, 6) is 0.0749. The number of hydrogen-bond acceptors (Lipinski definition) is 2. The standard InChI is InChI=1S/C18H23NO.C2H4O2/c1-13(20)12-19-14(2)18(15-8-4-3-5-9-15)16-10-6-7-11-17(16)19;1-2(3)4/h6-7,10-11,15H,3-5,8-9,12H2,1-2H3;1H3,(H,3,4). The first kappa shape index (κ1) is 18.2. The Hall–Kier alpha value is -2.10. The lowest BCUT2D eigenvalue weighted by atomic mass is 9.83. The molecule has 1 saturated carbocycles. The van der Waals surface area contributed by atoms with Gasteiger partial charge in [-0.3, -0.25) is 9.59 Å². The Labute approximate surface area is 143 Å². The molecule has 0 bridgehead atoms. The van der Waals surface area contributed by atoms with E-state index in [0.29, 0.717) is 12.5 Å². The first-order chi connectivity index (χ1) is 11.4. The zero-order chi connectivity index (χ0) is 17.7. The topological polar surface area (TPSA) is 59.3 Å². The number of aromatic nitrogens is 1. The van der Waals surface area contributed by atoms with Gasteiger partial charge in [0.15, 0.2) is 0 Å². The predicted molar refractivity (Wildman–Crippen MR) is 96.5 cm³/mol. The summed E-state index contributed by atoms with van der Waals surface area (Å²) in [7, 11) is 0. The van der Waals surface area contributed by atoms with Gasteiger partial charge in [-0.05, 0) is 44.2 Å². The number of carbonyl (C=O) groups is 2. The Balaban J connectivity index is 0.000000471. The Bertz CT molecular complexity index is 720. The van der Waals surface area contributed by atoms with Crippen LogP contribution in [-0.4, -0.2) is 21.4 Å². The zero-order valence-corrected chi connectivity index (χ0v) is 14.8. The molecular weight excluding hydrogens is 302 g/mol. The van der Waals surface area contributed by atoms with E-state index in [9.17, 15) is 4.79 Å². The van der Waals surface area contributed by atoms with Crippen molar-refractivity contribution in [2.45, 2.75) is 65.3 Å². The van der Waals surface area contributed by atoms with E-state index < -0.39 is 5.97 Å². The van der Waals surface area contributed by atoms with Gasteiger partial charge in [-0.25, -0.2) is 0 Å². The highest BCUT2D eigenvalue weighted by Gasteiger charge is 2.23. The summed E-state index contributed by atoms with van der Waals surface area (Å²) in [6.07, 6.45) is 6.66. The predicted octanol–water partition coefficient (Wildman–Crippen LogP) is 4.68. The summed E-state index contributed by atoms with van der Waals surface area (Å²) in [6.45, 7) is 5.44. The van der Waals surface area contributed by atoms with Gasteiger partial charge in [0, 0.05) is 23.5 Å². The molecule has 3 rings (SSSR count). The van der Waals surface area contributed by atoms with Gasteiger partial charge in [0.1, 0.15) is 5.78 Å². The molecule has 0 saturated heterocycles. The fourth-order valence-electron chi connectivity index (χ4n) is 3.79. The molecule has 1 heterocycles. The lowest BCUT2D eigenvalue weighted by Gasteiger charge is -2.22. The number of benzene rings is 1. The van der Waals surface area contributed by atoms with E-state index in [4.69, 9.17) is 9.90 Å². The highest BCUT2D eigenvalue weighted by molar-refractivity contribution is 5.88. The van der Waals surface area contributed by atoms with E-state index in [1.807, 2.05) is 0 Å². The number of aliphatic carboxylic acids is 1. The molecule has 0 aliphatic heterocycles. The van der Waals surface area contributed by atoms with E-state index in [0.717, 1.165) is 6.92 Å². The fourth-order valence-corrected chi connectivity index (χ4v) is 3.79. The number of carboxylic acid groups (broad SMARTS) is 1. The third kappa shape index (κ3) is 4.25. The van der Waals surface area contributed by atoms with Crippen LogP contribution in [0, 0.1) is 6.92 Å². The summed E-state index contributed by atoms with van der Waals surface area (Å²) >= 11 is 0. The normalized spacial score (nSPS) is 15.0. The summed E-state index contributed by atoms with van der Waals surface area (Å²) in [6, 6.07) is 8.57. The van der Waals surface area contributed by atoms with Crippen molar-refractivity contribution in [3.8, 4) is 0 Å². The molecule has 1 aliphatic carbocycles. The maximum absolute atomic E-state index is 11.6. The lowest BCUT2D eigenvalue weighted by molar-refractivity contribution is -0.134. The molecule has 4 heteroatoms. The number of fused-ring (bicyclic) bond motifs is 1. The van der Waals surface area contributed by atoms with Crippen LogP contribution in [0.15, 0.2) is 24.3 Å². The van der Waals surface area contributed by atoms with Crippen molar-refractivity contribution in [2.24, 2.45) is 0 Å². The van der Waals surface area contributed by atoms with Crippen molar-refractivity contribution in [1.29, 1.82) is 0 Å². The number of nitrogens with zero attached hydrogens (tertiary/aromatic N) is 1. The van der Waals surface area contributed by atoms with Crippen LogP contribution in [0.4, 0.5) is 0 Å². The average Bonchev–Trinajstić information content (AvgIpc) is 2.80. The van der Waals surface area contributed by atoms with Crippen LogP contribution in [0.2, 0.25) is 0 Å². The molecule has 1 N–H and O–H groups in total. The van der Waals surface area contributed by atoms with Crippen LogP contribution >= 0.6 is 0 Å². The minimum Gasteiger partial charge on any atom is -0.481 e. The molecule has 2 aromatic rings. The second-order valence-electron chi connectivity index (χ2n) is 6.66. The number of hydrogen-bond donors (Lipinski definition) is 1. The SMILES string of the molecule is CC(=O)Cn1c(C)c(C2CCCCC2)c2ccccc21.CC(=O)O. The molecule has 1 aliphatic rings. The van der Waals surface area contributed by atoms with Gasteiger partial charge in [0.2, 0.25) is 0 Å². The quantitative estimate of drug-likeness (QED) is 0.889. The van der Waals surface area contributed by atoms with Crippen LogP contribution in [0.25, 0.3) is 10.9 Å². The molecule has 0 spiro atoms. The minimum atomic E-state index is -0.833. The average molecular weight is 329 g/mol. The second kappa shape index (κ2) is 8.13. The van der Waals surface area contributed by atoms with Crippen molar-refractivity contribution in [3.63, 3.8) is 0 Å². The molecular formula is C20H27NO3. The smallest absolute Gasteiger partial charge is 0.300 e. The highest BCUT2D eigenvalue weighted by atomic mass is 16.4. The van der Waals surface area contributed by atoms with E-state index in [-0.39, 0.29) is 5.78 Å². The molecule has 1 aromatic carbocycles. The van der Waals surface area contributed by atoms with Crippen LogP contribution in [0.3, 0.4) is 0 Å². The number of carbonyl (C=O) groups excluding carboxylic acids is 1. The van der Waals surface area contributed by atoms with Crippen molar-refractivity contribution >= 4 is 22.7 Å². The maximum Gasteiger partial charge on any atom is 0.300 e. The van der Waals surface area contributed by atoms with Gasteiger partial charge in [0.05, 0.1) is 6.54 Å². The third-order valence-corrected chi connectivity index (χ3v) is 4.67. The summed E-state index contributed by atoms with van der Waals surface area (Å²) < 4.78 is 2.21. The lowest BCUT2D eigenvalue weighted by Crippen LogP contribution is -2.10. The highest BCUT2D eigenvalue weighted by Crippen LogP contribution is 2.39. The fraction of sp³-hybridized carbons (Fsp3) is 0.500. The largest absolute Gasteiger partial charge is 0.481 e. The number of para-hydroxylation sites is 1. The van der Waals surface area contributed by atoms with Crippen molar-refractivity contribution in [3.05, 3.63) is 35.5 Å².